The molecule has 7 nitrogen and oxygen atoms in total. The fourth-order valence-corrected chi connectivity index (χ4v) is 2.93. The molecule has 1 fully saturated rings. The number of piperidine rings is 1. The third-order valence-corrected chi connectivity index (χ3v) is 4.38. The normalized spacial score (nSPS) is 25.3. The van der Waals surface area contributed by atoms with E-state index in [2.05, 4.69) is 21.0 Å². The largest absolute Gasteiger partial charge is 0.480 e. The van der Waals surface area contributed by atoms with Crippen LogP contribution in [0.1, 0.15) is 46.6 Å². The second kappa shape index (κ2) is 6.14. The Balaban J connectivity index is 2.26. The number of rotatable bonds is 2. The monoisotopic (exact) mass is 387 g/mol. The van der Waals surface area contributed by atoms with Gasteiger partial charge in [0.05, 0.1) is 16.7 Å². The highest BCUT2D eigenvalue weighted by molar-refractivity contribution is 9.10. The van der Waals surface area contributed by atoms with Crippen LogP contribution >= 0.6 is 15.9 Å². The predicted molar refractivity (Wildman–Crippen MR) is 87.2 cm³/mol. The van der Waals surface area contributed by atoms with E-state index in [-0.39, 0.29) is 12.6 Å². The molecule has 1 amide bonds. The van der Waals surface area contributed by atoms with Gasteiger partial charge in [0.25, 0.3) is 0 Å². The molecule has 2 rings (SSSR count). The maximum atomic E-state index is 12.5. The molecule has 2 atom stereocenters. The number of aromatic nitrogens is 2. The van der Waals surface area contributed by atoms with Crippen LogP contribution in [-0.2, 0) is 9.53 Å². The molecule has 1 aromatic heterocycles. The minimum Gasteiger partial charge on any atom is -0.480 e. The Morgan fingerprint density at radius 2 is 2.13 bits per heavy atom. The fourth-order valence-electron chi connectivity index (χ4n) is 2.63. The summed E-state index contributed by atoms with van der Waals surface area (Å²) < 4.78 is 7.99. The van der Waals surface area contributed by atoms with E-state index in [4.69, 9.17) is 4.74 Å². The van der Waals surface area contributed by atoms with Crippen LogP contribution < -0.4 is 0 Å². The third-order valence-electron chi connectivity index (χ3n) is 3.97. The lowest BCUT2D eigenvalue weighted by atomic mass is 9.86. The molecule has 1 aliphatic heterocycles. The van der Waals surface area contributed by atoms with Gasteiger partial charge in [0.2, 0.25) is 0 Å². The van der Waals surface area contributed by atoms with Gasteiger partial charge in [-0.3, -0.25) is 9.58 Å². The van der Waals surface area contributed by atoms with E-state index in [1.807, 2.05) is 6.20 Å². The first-order chi connectivity index (χ1) is 10.5. The van der Waals surface area contributed by atoms with Gasteiger partial charge in [-0.25, -0.2) is 9.59 Å². The van der Waals surface area contributed by atoms with Crippen molar-refractivity contribution in [3.63, 3.8) is 0 Å². The van der Waals surface area contributed by atoms with E-state index in [9.17, 15) is 14.7 Å². The topological polar surface area (TPSA) is 84.7 Å². The zero-order chi connectivity index (χ0) is 17.4. The quantitative estimate of drug-likeness (QED) is 0.842. The molecule has 2 unspecified atom stereocenters. The zero-order valence-corrected chi connectivity index (χ0v) is 15.3. The fraction of sp³-hybridized carbons (Fsp3) is 0.667. The average Bonchev–Trinajstić information content (AvgIpc) is 2.83. The highest BCUT2D eigenvalue weighted by Gasteiger charge is 2.48. The molecule has 0 radical (unpaired) electrons. The lowest BCUT2D eigenvalue weighted by Gasteiger charge is -2.44. The van der Waals surface area contributed by atoms with Crippen LogP contribution in [0, 0.1) is 0 Å². The van der Waals surface area contributed by atoms with E-state index in [1.54, 1.807) is 38.6 Å². The number of amides is 1. The van der Waals surface area contributed by atoms with Crippen molar-refractivity contribution in [2.45, 2.75) is 57.7 Å². The summed E-state index contributed by atoms with van der Waals surface area (Å²) in [6.45, 7) is 7.08. The molecule has 8 heteroatoms. The summed E-state index contributed by atoms with van der Waals surface area (Å²) in [7, 11) is 0. The van der Waals surface area contributed by atoms with Crippen LogP contribution in [0.3, 0.4) is 0 Å². The molecular weight excluding hydrogens is 366 g/mol. The number of aliphatic carboxylic acids is 1. The van der Waals surface area contributed by atoms with E-state index in [0.29, 0.717) is 12.8 Å². The van der Waals surface area contributed by atoms with Crippen LogP contribution in [-0.4, -0.2) is 49.5 Å². The number of hydrogen-bond acceptors (Lipinski definition) is 4. The first kappa shape index (κ1) is 17.8. The Kier molecular flexibility index (Phi) is 4.75. The van der Waals surface area contributed by atoms with Gasteiger partial charge in [0.1, 0.15) is 11.1 Å². The highest BCUT2D eigenvalue weighted by Crippen LogP contribution is 2.35. The van der Waals surface area contributed by atoms with Gasteiger partial charge in [-0.2, -0.15) is 5.10 Å². The summed E-state index contributed by atoms with van der Waals surface area (Å²) in [5.41, 5.74) is -1.96. The van der Waals surface area contributed by atoms with Crippen molar-refractivity contribution in [1.29, 1.82) is 0 Å². The van der Waals surface area contributed by atoms with Gasteiger partial charge in [0, 0.05) is 12.7 Å². The molecule has 0 aliphatic carbocycles. The van der Waals surface area contributed by atoms with Crippen molar-refractivity contribution in [2.75, 3.05) is 6.54 Å². The van der Waals surface area contributed by atoms with Gasteiger partial charge in [-0.05, 0) is 56.5 Å². The number of carbonyl (C=O) groups excluding carboxylic acids is 1. The maximum absolute atomic E-state index is 12.5. The van der Waals surface area contributed by atoms with Gasteiger partial charge in [-0.1, -0.05) is 0 Å². The molecular formula is C15H22BrN3O4. The van der Waals surface area contributed by atoms with Gasteiger partial charge >= 0.3 is 12.1 Å². The smallest absolute Gasteiger partial charge is 0.411 e. The average molecular weight is 388 g/mol. The van der Waals surface area contributed by atoms with Gasteiger partial charge < -0.3 is 9.84 Å². The molecule has 23 heavy (non-hydrogen) atoms. The Bertz CT molecular complexity index is 610. The summed E-state index contributed by atoms with van der Waals surface area (Å²) in [6.07, 6.45) is 3.84. The van der Waals surface area contributed by atoms with Crippen molar-refractivity contribution in [1.82, 2.24) is 14.7 Å². The summed E-state index contributed by atoms with van der Waals surface area (Å²) in [4.78, 5) is 25.6. The number of nitrogens with zero attached hydrogens (tertiary/aromatic N) is 3. The minimum absolute atomic E-state index is 0.0822. The summed E-state index contributed by atoms with van der Waals surface area (Å²) in [5.74, 6) is -1.02. The number of carboxylic acids is 1. The van der Waals surface area contributed by atoms with Crippen LogP contribution in [0.5, 0.6) is 0 Å². The molecule has 1 aromatic rings. The second-order valence-electron chi connectivity index (χ2n) is 7.00. The number of hydrogen-bond donors (Lipinski definition) is 1. The molecule has 0 aromatic carbocycles. The number of carboxylic acid groups (broad SMARTS) is 1. The van der Waals surface area contributed by atoms with Gasteiger partial charge in [0.15, 0.2) is 0 Å². The van der Waals surface area contributed by atoms with Crippen LogP contribution in [0.15, 0.2) is 16.9 Å². The molecule has 1 aliphatic rings. The highest BCUT2D eigenvalue weighted by atomic mass is 79.9. The van der Waals surface area contributed by atoms with E-state index in [1.165, 1.54) is 4.90 Å². The number of carbonyl (C=O) groups is 2. The molecule has 0 saturated carbocycles. The predicted octanol–water partition coefficient (Wildman–Crippen LogP) is 3.06. The molecule has 128 valence electrons. The summed E-state index contributed by atoms with van der Waals surface area (Å²) in [6, 6.07) is -0.0822. The zero-order valence-electron chi connectivity index (χ0n) is 13.7. The molecule has 1 saturated heterocycles. The standard InChI is InChI=1S/C15H22BrN3O4/c1-14(2,3)23-13(22)18-9-11(19-8-10(16)7-17-19)5-6-15(18,4)12(20)21/h7-8,11H,5-6,9H2,1-4H3,(H,20,21). The van der Waals surface area contributed by atoms with Gasteiger partial charge in [-0.15, -0.1) is 0 Å². The Hall–Kier alpha value is -1.57. The Labute approximate surface area is 143 Å². The van der Waals surface area contributed by atoms with Crippen molar-refractivity contribution in [3.8, 4) is 0 Å². The molecule has 1 N–H and O–H groups in total. The van der Waals surface area contributed by atoms with Crippen molar-refractivity contribution in [2.24, 2.45) is 0 Å². The van der Waals surface area contributed by atoms with Crippen molar-refractivity contribution < 1.29 is 19.4 Å². The Morgan fingerprint density at radius 1 is 1.48 bits per heavy atom. The van der Waals surface area contributed by atoms with Crippen LogP contribution in [0.4, 0.5) is 4.79 Å². The molecule has 0 bridgehead atoms. The number of halogens is 1. The third kappa shape index (κ3) is 3.85. The maximum Gasteiger partial charge on any atom is 0.411 e. The van der Waals surface area contributed by atoms with Crippen LogP contribution in [0.2, 0.25) is 0 Å². The second-order valence-corrected chi connectivity index (χ2v) is 7.92. The summed E-state index contributed by atoms with van der Waals surface area (Å²) in [5, 5.41) is 13.8. The number of ether oxygens (including phenoxy) is 1. The minimum atomic E-state index is -1.27. The molecule has 0 spiro atoms. The van der Waals surface area contributed by atoms with E-state index < -0.39 is 23.2 Å². The number of likely N-dealkylation sites (tertiary alicyclic amines) is 1. The molecule has 2 heterocycles. The first-order valence-electron chi connectivity index (χ1n) is 7.46. The Morgan fingerprint density at radius 3 is 2.61 bits per heavy atom. The van der Waals surface area contributed by atoms with Crippen molar-refractivity contribution in [3.05, 3.63) is 16.9 Å². The van der Waals surface area contributed by atoms with Crippen molar-refractivity contribution >= 4 is 28.0 Å². The first-order valence-corrected chi connectivity index (χ1v) is 8.26. The SMILES string of the molecule is CC(C)(C)OC(=O)N1CC(n2cc(Br)cn2)CCC1(C)C(=O)O. The lowest BCUT2D eigenvalue weighted by molar-refractivity contribution is -0.153. The van der Waals surface area contributed by atoms with E-state index in [0.717, 1.165) is 4.47 Å². The summed E-state index contributed by atoms with van der Waals surface area (Å²) >= 11 is 3.35. The van der Waals surface area contributed by atoms with E-state index >= 15 is 0 Å². The van der Waals surface area contributed by atoms with Crippen LogP contribution in [0.25, 0.3) is 0 Å². The lowest BCUT2D eigenvalue weighted by Crippen LogP contribution is -2.60.